The summed E-state index contributed by atoms with van der Waals surface area (Å²) in [6.07, 6.45) is 8.98. The van der Waals surface area contributed by atoms with Crippen LogP contribution >= 0.6 is 11.8 Å². The van der Waals surface area contributed by atoms with Gasteiger partial charge in [-0.3, -0.25) is 4.99 Å². The molecule has 106 valence electrons. The lowest BCUT2D eigenvalue weighted by Gasteiger charge is -2.22. The molecule has 0 amide bonds. The molecule has 0 aromatic carbocycles. The van der Waals surface area contributed by atoms with E-state index >= 15 is 0 Å². The quantitative estimate of drug-likeness (QED) is 0.286. The number of nitrogens with one attached hydrogen (secondary N) is 1. The Labute approximate surface area is 117 Å². The molecule has 0 aromatic heterocycles. The van der Waals surface area contributed by atoms with Crippen LogP contribution in [0.5, 0.6) is 0 Å². The van der Waals surface area contributed by atoms with Crippen LogP contribution in [0.25, 0.3) is 0 Å². The van der Waals surface area contributed by atoms with Crippen LogP contribution in [0.2, 0.25) is 0 Å². The molecule has 0 aliphatic heterocycles. The molecule has 0 atom stereocenters. The Morgan fingerprint density at radius 1 is 1.39 bits per heavy atom. The minimum absolute atomic E-state index is 0.893. The van der Waals surface area contributed by atoms with Gasteiger partial charge < -0.3 is 10.2 Å². The Kier molecular flexibility index (Phi) is 12.4. The number of unbranched alkanes of at least 4 members (excludes halogenated alkanes) is 3. The van der Waals surface area contributed by atoms with Gasteiger partial charge in [0.1, 0.15) is 0 Å². The minimum Gasteiger partial charge on any atom is -0.357 e. The first-order valence-electron chi connectivity index (χ1n) is 6.85. The Hall–Kier alpha value is -0.640. The Morgan fingerprint density at radius 3 is 2.78 bits per heavy atom. The molecule has 0 bridgehead atoms. The molecule has 0 heterocycles. The SMILES string of the molecule is C=CCCCCCN(C)C(=NCCSC)NCC. The van der Waals surface area contributed by atoms with E-state index < -0.39 is 0 Å². The summed E-state index contributed by atoms with van der Waals surface area (Å²) in [4.78, 5) is 6.85. The van der Waals surface area contributed by atoms with Crippen LogP contribution in [0.15, 0.2) is 17.6 Å². The maximum Gasteiger partial charge on any atom is 0.193 e. The summed E-state index contributed by atoms with van der Waals surface area (Å²) in [7, 11) is 2.12. The number of thioether (sulfide) groups is 1. The highest BCUT2D eigenvalue weighted by Crippen LogP contribution is 2.01. The van der Waals surface area contributed by atoms with Gasteiger partial charge in [-0.15, -0.1) is 6.58 Å². The maximum absolute atomic E-state index is 4.61. The first-order valence-corrected chi connectivity index (χ1v) is 8.24. The second-order valence-corrected chi connectivity index (χ2v) is 5.27. The van der Waals surface area contributed by atoms with Gasteiger partial charge in [0.15, 0.2) is 5.96 Å². The van der Waals surface area contributed by atoms with Crippen LogP contribution in [-0.2, 0) is 0 Å². The summed E-state index contributed by atoms with van der Waals surface area (Å²) in [6.45, 7) is 8.75. The average Bonchev–Trinajstić information content (AvgIpc) is 2.37. The minimum atomic E-state index is 0.893. The van der Waals surface area contributed by atoms with E-state index in [1.54, 1.807) is 0 Å². The lowest BCUT2D eigenvalue weighted by Crippen LogP contribution is -2.39. The van der Waals surface area contributed by atoms with E-state index in [0.29, 0.717) is 0 Å². The van der Waals surface area contributed by atoms with E-state index in [1.807, 2.05) is 17.8 Å². The van der Waals surface area contributed by atoms with Gasteiger partial charge in [0.25, 0.3) is 0 Å². The normalized spacial score (nSPS) is 11.4. The van der Waals surface area contributed by atoms with Crippen LogP contribution in [-0.4, -0.2) is 49.6 Å². The maximum atomic E-state index is 4.61. The van der Waals surface area contributed by atoms with Gasteiger partial charge in [0.2, 0.25) is 0 Å². The van der Waals surface area contributed by atoms with E-state index in [4.69, 9.17) is 0 Å². The van der Waals surface area contributed by atoms with Crippen molar-refractivity contribution >= 4 is 17.7 Å². The van der Waals surface area contributed by atoms with Crippen LogP contribution in [0, 0.1) is 0 Å². The van der Waals surface area contributed by atoms with Gasteiger partial charge in [-0.05, 0) is 32.4 Å². The predicted molar refractivity (Wildman–Crippen MR) is 85.7 cm³/mol. The van der Waals surface area contributed by atoms with Crippen molar-refractivity contribution in [2.24, 2.45) is 4.99 Å². The van der Waals surface area contributed by atoms with Crippen LogP contribution in [0.4, 0.5) is 0 Å². The summed E-state index contributed by atoms with van der Waals surface area (Å²) in [6, 6.07) is 0. The van der Waals surface area contributed by atoms with E-state index in [2.05, 4.69) is 42.0 Å². The monoisotopic (exact) mass is 271 g/mol. The first kappa shape index (κ1) is 17.4. The molecule has 0 saturated carbocycles. The summed E-state index contributed by atoms with van der Waals surface area (Å²) < 4.78 is 0. The fourth-order valence-electron chi connectivity index (χ4n) is 1.63. The molecule has 0 fully saturated rings. The van der Waals surface area contributed by atoms with Gasteiger partial charge >= 0.3 is 0 Å². The third-order valence-electron chi connectivity index (χ3n) is 2.66. The van der Waals surface area contributed by atoms with Gasteiger partial charge in [-0.1, -0.05) is 12.5 Å². The third-order valence-corrected chi connectivity index (χ3v) is 3.25. The van der Waals surface area contributed by atoms with Crippen LogP contribution in [0.3, 0.4) is 0 Å². The van der Waals surface area contributed by atoms with Gasteiger partial charge in [-0.25, -0.2) is 0 Å². The first-order chi connectivity index (χ1) is 8.76. The number of nitrogens with zero attached hydrogens (tertiary/aromatic N) is 2. The molecule has 0 spiro atoms. The fraction of sp³-hybridized carbons (Fsp3) is 0.786. The Morgan fingerprint density at radius 2 is 2.17 bits per heavy atom. The second-order valence-electron chi connectivity index (χ2n) is 4.29. The predicted octanol–water partition coefficient (Wildman–Crippen LogP) is 2.99. The highest BCUT2D eigenvalue weighted by molar-refractivity contribution is 7.98. The molecular weight excluding hydrogens is 242 g/mol. The largest absolute Gasteiger partial charge is 0.357 e. The zero-order chi connectivity index (χ0) is 13.6. The molecule has 0 aliphatic carbocycles. The average molecular weight is 271 g/mol. The van der Waals surface area contributed by atoms with Crippen molar-refractivity contribution in [2.45, 2.75) is 32.6 Å². The molecular formula is C14H29N3S. The van der Waals surface area contributed by atoms with E-state index in [1.165, 1.54) is 19.3 Å². The molecule has 3 nitrogen and oxygen atoms in total. The molecule has 0 saturated heterocycles. The number of aliphatic imine (C=N–C) groups is 1. The number of hydrogen-bond acceptors (Lipinski definition) is 2. The van der Waals surface area contributed by atoms with Gasteiger partial charge in [0.05, 0.1) is 6.54 Å². The van der Waals surface area contributed by atoms with E-state index in [0.717, 1.165) is 37.8 Å². The zero-order valence-corrected chi connectivity index (χ0v) is 13.1. The molecule has 18 heavy (non-hydrogen) atoms. The topological polar surface area (TPSA) is 27.6 Å². The number of allylic oxidation sites excluding steroid dienone is 1. The Bertz CT molecular complexity index is 229. The van der Waals surface area contributed by atoms with Crippen molar-refractivity contribution in [3.05, 3.63) is 12.7 Å². The van der Waals surface area contributed by atoms with E-state index in [9.17, 15) is 0 Å². The lowest BCUT2D eigenvalue weighted by atomic mass is 10.2. The third kappa shape index (κ3) is 9.40. The number of rotatable bonds is 10. The van der Waals surface area contributed by atoms with Gasteiger partial charge in [-0.2, -0.15) is 11.8 Å². The van der Waals surface area contributed by atoms with Crippen molar-refractivity contribution in [3.63, 3.8) is 0 Å². The summed E-state index contributed by atoms with van der Waals surface area (Å²) >= 11 is 1.84. The highest BCUT2D eigenvalue weighted by Gasteiger charge is 2.04. The van der Waals surface area contributed by atoms with Crippen molar-refractivity contribution in [1.29, 1.82) is 0 Å². The van der Waals surface area contributed by atoms with Crippen LogP contribution in [0.1, 0.15) is 32.6 Å². The number of guanidine groups is 1. The molecule has 0 rings (SSSR count). The number of hydrogen-bond donors (Lipinski definition) is 1. The highest BCUT2D eigenvalue weighted by atomic mass is 32.2. The second kappa shape index (κ2) is 12.8. The lowest BCUT2D eigenvalue weighted by molar-refractivity contribution is 0.456. The Balaban J connectivity index is 3.93. The van der Waals surface area contributed by atoms with Crippen molar-refractivity contribution in [2.75, 3.05) is 38.7 Å². The molecule has 0 unspecified atom stereocenters. The summed E-state index contributed by atoms with van der Waals surface area (Å²) in [5, 5.41) is 3.34. The van der Waals surface area contributed by atoms with Crippen molar-refractivity contribution in [3.8, 4) is 0 Å². The van der Waals surface area contributed by atoms with Crippen molar-refractivity contribution in [1.82, 2.24) is 10.2 Å². The summed E-state index contributed by atoms with van der Waals surface area (Å²) in [5.41, 5.74) is 0. The smallest absolute Gasteiger partial charge is 0.193 e. The molecule has 0 aromatic rings. The zero-order valence-electron chi connectivity index (χ0n) is 12.2. The van der Waals surface area contributed by atoms with Crippen LogP contribution < -0.4 is 5.32 Å². The molecule has 1 N–H and O–H groups in total. The van der Waals surface area contributed by atoms with E-state index in [-0.39, 0.29) is 0 Å². The summed E-state index contributed by atoms with van der Waals surface area (Å²) in [5.74, 6) is 2.12. The molecule has 4 heteroatoms. The molecule has 0 radical (unpaired) electrons. The van der Waals surface area contributed by atoms with Crippen molar-refractivity contribution < 1.29 is 0 Å². The standard InChI is InChI=1S/C14H29N3S/c1-5-7-8-9-10-12-17(3)14(15-6-2)16-11-13-18-4/h5H,1,6-13H2,2-4H3,(H,15,16). The molecule has 0 aliphatic rings. The van der Waals surface area contributed by atoms with Gasteiger partial charge in [0, 0.05) is 25.9 Å². The fourth-order valence-corrected chi connectivity index (χ4v) is 1.91.